The van der Waals surface area contributed by atoms with Crippen LogP contribution in [0.2, 0.25) is 0 Å². The molecule has 28 heavy (non-hydrogen) atoms. The highest BCUT2D eigenvalue weighted by atomic mass is 32.2. The fraction of sp³-hybridized carbons (Fsp3) is 0.579. The zero-order chi connectivity index (χ0) is 20.3. The maximum atomic E-state index is 12.9. The molecule has 8 nitrogen and oxygen atoms in total. The molecule has 0 saturated carbocycles. The van der Waals surface area contributed by atoms with Gasteiger partial charge in [-0.3, -0.25) is 14.5 Å². The molecule has 0 aromatic heterocycles. The first-order valence-electron chi connectivity index (χ1n) is 9.64. The van der Waals surface area contributed by atoms with Crippen LogP contribution in [0, 0.1) is 0 Å². The van der Waals surface area contributed by atoms with Crippen molar-refractivity contribution in [2.45, 2.75) is 44.0 Å². The number of hydrogen-bond donors (Lipinski definition) is 1. The van der Waals surface area contributed by atoms with Gasteiger partial charge in [0.2, 0.25) is 21.8 Å². The summed E-state index contributed by atoms with van der Waals surface area (Å²) in [6.07, 6.45) is 2.14. The van der Waals surface area contributed by atoms with E-state index < -0.39 is 16.1 Å². The number of sulfonamides is 1. The van der Waals surface area contributed by atoms with E-state index in [1.54, 1.807) is 12.1 Å². The molecule has 2 amide bonds. The van der Waals surface area contributed by atoms with E-state index in [0.29, 0.717) is 50.5 Å². The van der Waals surface area contributed by atoms with Crippen LogP contribution in [-0.2, 0) is 30.8 Å². The average molecular weight is 410 g/mol. The number of nitrogens with one attached hydrogen (secondary N) is 1. The number of unbranched alkanes of at least 4 members (excludes halogenated alkanes) is 1. The zero-order valence-corrected chi connectivity index (χ0v) is 17.1. The maximum Gasteiger partial charge on any atom is 0.243 e. The second kappa shape index (κ2) is 8.59. The van der Waals surface area contributed by atoms with Crippen LogP contribution in [0.15, 0.2) is 23.1 Å². The predicted octanol–water partition coefficient (Wildman–Crippen LogP) is 0.901. The van der Waals surface area contributed by atoms with Crippen molar-refractivity contribution in [2.75, 3.05) is 37.7 Å². The zero-order valence-electron chi connectivity index (χ0n) is 16.3. The lowest BCUT2D eigenvalue weighted by Crippen LogP contribution is -2.47. The first-order valence-corrected chi connectivity index (χ1v) is 11.1. The molecule has 2 aliphatic rings. The number of carbonyl (C=O) groups is 2. The summed E-state index contributed by atoms with van der Waals surface area (Å²) in [6, 6.07) is 4.08. The average Bonchev–Trinajstić information content (AvgIpc) is 3.08. The third kappa shape index (κ3) is 4.06. The first-order chi connectivity index (χ1) is 13.4. The van der Waals surface area contributed by atoms with Crippen LogP contribution in [0.4, 0.5) is 5.69 Å². The number of rotatable bonds is 6. The van der Waals surface area contributed by atoms with E-state index >= 15 is 0 Å². The van der Waals surface area contributed by atoms with Gasteiger partial charge < -0.3 is 10.1 Å². The molecule has 0 radical (unpaired) electrons. The number of carbonyl (C=O) groups excluding carboxylic acids is 2. The molecule has 1 N–H and O–H groups in total. The quantitative estimate of drug-likeness (QED) is 0.705. The number of nitrogens with zero attached hydrogens (tertiary/aromatic N) is 2. The van der Waals surface area contributed by atoms with Gasteiger partial charge in [-0.25, -0.2) is 8.42 Å². The van der Waals surface area contributed by atoms with Gasteiger partial charge in [0, 0.05) is 38.7 Å². The molecular weight excluding hydrogens is 382 g/mol. The molecule has 1 fully saturated rings. The Labute approximate surface area is 165 Å². The van der Waals surface area contributed by atoms with Gasteiger partial charge in [0.1, 0.15) is 6.04 Å². The van der Waals surface area contributed by atoms with Gasteiger partial charge in [-0.2, -0.15) is 4.31 Å². The molecule has 9 heteroatoms. The number of hydrogen-bond acceptors (Lipinski definition) is 5. The van der Waals surface area contributed by atoms with Crippen molar-refractivity contribution in [3.05, 3.63) is 23.8 Å². The smallest absolute Gasteiger partial charge is 0.243 e. The van der Waals surface area contributed by atoms with Gasteiger partial charge in [0.25, 0.3) is 0 Å². The normalized spacial score (nSPS) is 20.1. The first kappa shape index (κ1) is 20.8. The molecule has 0 bridgehead atoms. The van der Waals surface area contributed by atoms with Gasteiger partial charge in [-0.1, -0.05) is 13.3 Å². The fourth-order valence-electron chi connectivity index (χ4n) is 3.63. The Bertz CT molecular complexity index is 849. The molecule has 2 heterocycles. The fourth-order valence-corrected chi connectivity index (χ4v) is 5.09. The second-order valence-electron chi connectivity index (χ2n) is 7.06. The standard InChI is InChI=1S/C19H27N3O5S/c1-3-4-7-20-19(24)18-13-15-12-16(5-6-17(15)22(18)14(2)23)28(25,26)21-8-10-27-11-9-21/h5-6,12,18H,3-4,7-11,13H2,1-2H3,(H,20,24)/t18-/m0/s1. The topological polar surface area (TPSA) is 96.0 Å². The van der Waals surface area contributed by atoms with E-state index in [-0.39, 0.29) is 16.7 Å². The Kier molecular flexibility index (Phi) is 6.36. The van der Waals surface area contributed by atoms with Gasteiger partial charge >= 0.3 is 0 Å². The minimum atomic E-state index is -3.63. The van der Waals surface area contributed by atoms with Crippen LogP contribution in [0.3, 0.4) is 0 Å². The van der Waals surface area contributed by atoms with Gasteiger partial charge in [0.05, 0.1) is 18.1 Å². The molecule has 1 aromatic rings. The second-order valence-corrected chi connectivity index (χ2v) is 9.00. The molecule has 0 aliphatic carbocycles. The molecule has 154 valence electrons. The van der Waals surface area contributed by atoms with Crippen LogP contribution in [-0.4, -0.2) is 63.4 Å². The molecule has 0 unspecified atom stereocenters. The SMILES string of the molecule is CCCCNC(=O)[C@@H]1Cc2cc(S(=O)(=O)N3CCOCC3)ccc2N1C(C)=O. The van der Waals surface area contributed by atoms with E-state index in [9.17, 15) is 18.0 Å². The van der Waals surface area contributed by atoms with E-state index in [4.69, 9.17) is 4.74 Å². The van der Waals surface area contributed by atoms with Crippen molar-refractivity contribution in [1.29, 1.82) is 0 Å². The molecule has 1 atom stereocenters. The van der Waals surface area contributed by atoms with Gasteiger partial charge in [0.15, 0.2) is 0 Å². The number of amides is 2. The van der Waals surface area contributed by atoms with Crippen LogP contribution in [0.5, 0.6) is 0 Å². The van der Waals surface area contributed by atoms with Crippen molar-refractivity contribution >= 4 is 27.5 Å². The van der Waals surface area contributed by atoms with E-state index in [2.05, 4.69) is 5.32 Å². The summed E-state index contributed by atoms with van der Waals surface area (Å²) in [5.41, 5.74) is 1.30. The molecular formula is C19H27N3O5S. The number of ether oxygens (including phenoxy) is 1. The van der Waals surface area contributed by atoms with Crippen LogP contribution >= 0.6 is 0 Å². The Hall–Kier alpha value is -1.97. The minimum Gasteiger partial charge on any atom is -0.379 e. The maximum absolute atomic E-state index is 12.9. The van der Waals surface area contributed by atoms with Crippen molar-refractivity contribution in [1.82, 2.24) is 9.62 Å². The Morgan fingerprint density at radius 2 is 1.96 bits per heavy atom. The lowest BCUT2D eigenvalue weighted by molar-refractivity contribution is -0.125. The van der Waals surface area contributed by atoms with Crippen molar-refractivity contribution in [2.24, 2.45) is 0 Å². The Balaban J connectivity index is 1.86. The van der Waals surface area contributed by atoms with Gasteiger partial charge in [-0.05, 0) is 30.2 Å². The monoisotopic (exact) mass is 409 g/mol. The highest BCUT2D eigenvalue weighted by molar-refractivity contribution is 7.89. The molecule has 3 rings (SSSR count). The third-order valence-electron chi connectivity index (χ3n) is 5.11. The lowest BCUT2D eigenvalue weighted by Gasteiger charge is -2.26. The predicted molar refractivity (Wildman–Crippen MR) is 105 cm³/mol. The third-order valence-corrected chi connectivity index (χ3v) is 7.01. The summed E-state index contributed by atoms with van der Waals surface area (Å²) >= 11 is 0. The summed E-state index contributed by atoms with van der Waals surface area (Å²) in [5, 5.41) is 2.87. The van der Waals surface area contributed by atoms with Crippen LogP contribution in [0.25, 0.3) is 0 Å². The number of fused-ring (bicyclic) bond motifs is 1. The highest BCUT2D eigenvalue weighted by Gasteiger charge is 2.38. The lowest BCUT2D eigenvalue weighted by atomic mass is 10.1. The Morgan fingerprint density at radius 3 is 2.61 bits per heavy atom. The van der Waals surface area contributed by atoms with E-state index in [1.165, 1.54) is 22.2 Å². The summed E-state index contributed by atoms with van der Waals surface area (Å²) in [7, 11) is -3.63. The largest absolute Gasteiger partial charge is 0.379 e. The molecule has 2 aliphatic heterocycles. The summed E-state index contributed by atoms with van der Waals surface area (Å²) in [5.74, 6) is -0.449. The van der Waals surface area contributed by atoms with E-state index in [0.717, 1.165) is 12.8 Å². The van der Waals surface area contributed by atoms with Gasteiger partial charge in [-0.15, -0.1) is 0 Å². The molecule has 0 spiro atoms. The van der Waals surface area contributed by atoms with Crippen LogP contribution in [0.1, 0.15) is 32.3 Å². The summed E-state index contributed by atoms with van der Waals surface area (Å²) < 4.78 is 32.4. The highest BCUT2D eigenvalue weighted by Crippen LogP contribution is 2.35. The van der Waals surface area contributed by atoms with Crippen LogP contribution < -0.4 is 10.2 Å². The number of benzene rings is 1. The van der Waals surface area contributed by atoms with Crippen molar-refractivity contribution in [3.8, 4) is 0 Å². The van der Waals surface area contributed by atoms with E-state index in [1.807, 2.05) is 6.92 Å². The minimum absolute atomic E-state index is 0.184. The van der Waals surface area contributed by atoms with Crippen molar-refractivity contribution < 1.29 is 22.7 Å². The number of anilines is 1. The number of morpholine rings is 1. The summed E-state index contributed by atoms with van der Waals surface area (Å²) in [6.45, 7) is 5.41. The molecule has 1 aromatic carbocycles. The Morgan fingerprint density at radius 1 is 1.25 bits per heavy atom. The van der Waals surface area contributed by atoms with Crippen molar-refractivity contribution in [3.63, 3.8) is 0 Å². The molecule has 1 saturated heterocycles. The summed E-state index contributed by atoms with van der Waals surface area (Å²) in [4.78, 5) is 26.4.